The predicted octanol–water partition coefficient (Wildman–Crippen LogP) is 4.26. The van der Waals surface area contributed by atoms with E-state index in [1.807, 2.05) is 12.3 Å². The molecule has 2 nitrogen and oxygen atoms in total. The van der Waals surface area contributed by atoms with Crippen molar-refractivity contribution in [1.82, 2.24) is 9.88 Å². The Morgan fingerprint density at radius 1 is 1.15 bits per heavy atom. The summed E-state index contributed by atoms with van der Waals surface area (Å²) in [5.74, 6) is 0. The third kappa shape index (κ3) is 4.75. The first kappa shape index (κ1) is 16.9. The molecule has 1 aromatic heterocycles. The van der Waals surface area contributed by atoms with Gasteiger partial charge in [0.2, 0.25) is 0 Å². The Hall–Kier alpha value is -1.16. The van der Waals surface area contributed by atoms with Gasteiger partial charge >= 0.3 is 0 Å². The predicted molar refractivity (Wildman–Crippen MR) is 91.3 cm³/mol. The quantitative estimate of drug-likeness (QED) is 0.816. The first-order chi connectivity index (χ1) is 9.16. The molecule has 2 aromatic rings. The number of pyridine rings is 1. The lowest BCUT2D eigenvalue weighted by Crippen LogP contribution is -2.11. The molecule has 0 N–H and O–H groups in total. The molecule has 2 rings (SSSR count). The summed E-state index contributed by atoms with van der Waals surface area (Å²) in [6.07, 6.45) is 5.94. The molecule has 0 aliphatic heterocycles. The lowest BCUT2D eigenvalue weighted by Gasteiger charge is -2.11. The van der Waals surface area contributed by atoms with Crippen molar-refractivity contribution in [2.45, 2.75) is 0 Å². The van der Waals surface area contributed by atoms with E-state index in [4.69, 9.17) is 0 Å². The van der Waals surface area contributed by atoms with E-state index >= 15 is 0 Å². The highest BCUT2D eigenvalue weighted by atomic mass is 79.9. The van der Waals surface area contributed by atoms with Gasteiger partial charge in [-0.15, -0.1) is 12.4 Å². The highest BCUT2D eigenvalue weighted by Gasteiger charge is 2.05. The van der Waals surface area contributed by atoms with Crippen molar-refractivity contribution in [3.05, 3.63) is 70.5 Å². The number of likely N-dealkylation sites (N-methyl/N-ethyl adjacent to an activating group) is 1. The fraction of sp³-hybridized carbons (Fsp3) is 0.188. The Kier molecular flexibility index (Phi) is 6.93. The summed E-state index contributed by atoms with van der Waals surface area (Å²) in [4.78, 5) is 6.36. The summed E-state index contributed by atoms with van der Waals surface area (Å²) < 4.78 is 1.09. The summed E-state index contributed by atoms with van der Waals surface area (Å²) in [6.45, 7) is 0.903. The molecule has 0 aliphatic carbocycles. The summed E-state index contributed by atoms with van der Waals surface area (Å²) in [5.41, 5.74) is 3.57. The van der Waals surface area contributed by atoms with E-state index in [-0.39, 0.29) is 12.4 Å². The van der Waals surface area contributed by atoms with Crippen LogP contribution in [0.1, 0.15) is 11.1 Å². The second-order valence-corrected chi connectivity index (χ2v) is 5.54. The molecule has 0 radical (unpaired) electrons. The van der Waals surface area contributed by atoms with Crippen LogP contribution in [0.3, 0.4) is 0 Å². The lowest BCUT2D eigenvalue weighted by atomic mass is 9.99. The number of nitrogens with zero attached hydrogens (tertiary/aromatic N) is 2. The molecule has 0 spiro atoms. The summed E-state index contributed by atoms with van der Waals surface area (Å²) in [7, 11) is 4.14. The maximum Gasteiger partial charge on any atom is 0.0346 e. The summed E-state index contributed by atoms with van der Waals surface area (Å²) in [6, 6.07) is 12.4. The number of benzene rings is 1. The molecule has 0 atom stereocenters. The second-order valence-electron chi connectivity index (χ2n) is 4.63. The van der Waals surface area contributed by atoms with Crippen LogP contribution in [0.15, 0.2) is 59.3 Å². The largest absolute Gasteiger partial charge is 0.306 e. The van der Waals surface area contributed by atoms with E-state index in [0.29, 0.717) is 0 Å². The molecule has 1 aromatic carbocycles. The second kappa shape index (κ2) is 8.20. The van der Waals surface area contributed by atoms with Crippen LogP contribution in [0, 0.1) is 0 Å². The van der Waals surface area contributed by atoms with Gasteiger partial charge in [-0.3, -0.25) is 4.98 Å². The fourth-order valence-electron chi connectivity index (χ4n) is 1.83. The third-order valence-electron chi connectivity index (χ3n) is 2.79. The average molecular weight is 354 g/mol. The number of hydrogen-bond acceptors (Lipinski definition) is 2. The number of aromatic nitrogens is 1. The highest BCUT2D eigenvalue weighted by molar-refractivity contribution is 9.10. The van der Waals surface area contributed by atoms with Crippen molar-refractivity contribution in [3.8, 4) is 0 Å². The molecular weight excluding hydrogens is 336 g/mol. The zero-order valence-electron chi connectivity index (χ0n) is 11.6. The summed E-state index contributed by atoms with van der Waals surface area (Å²) >= 11 is 3.47. The zero-order chi connectivity index (χ0) is 13.7. The number of halogens is 2. The Labute approximate surface area is 135 Å². The molecule has 4 heteroatoms. The summed E-state index contributed by atoms with van der Waals surface area (Å²) in [5, 5.41) is 0. The van der Waals surface area contributed by atoms with Crippen LogP contribution < -0.4 is 0 Å². The minimum Gasteiger partial charge on any atom is -0.306 e. The molecule has 0 aliphatic rings. The van der Waals surface area contributed by atoms with Crippen molar-refractivity contribution in [3.63, 3.8) is 0 Å². The Bertz CT molecular complexity index is 550. The monoisotopic (exact) mass is 352 g/mol. The first-order valence-corrected chi connectivity index (χ1v) is 6.97. The van der Waals surface area contributed by atoms with Crippen LogP contribution in [0.4, 0.5) is 0 Å². The van der Waals surface area contributed by atoms with Crippen LogP contribution in [-0.2, 0) is 0 Å². The molecule has 0 unspecified atom stereocenters. The molecule has 20 heavy (non-hydrogen) atoms. The van der Waals surface area contributed by atoms with Gasteiger partial charge in [0.1, 0.15) is 0 Å². The standard InChI is InChI=1S/C16H17BrN2.ClH/c1-19(2)11-9-16(14-4-3-10-18-12-14)13-5-7-15(17)8-6-13;/h3-10,12H,11H2,1-2H3;1H/b16-9-;. The van der Waals surface area contributed by atoms with Crippen molar-refractivity contribution in [2.24, 2.45) is 0 Å². The minimum atomic E-state index is 0. The van der Waals surface area contributed by atoms with Gasteiger partial charge in [0, 0.05) is 29.0 Å². The van der Waals surface area contributed by atoms with E-state index in [1.54, 1.807) is 6.20 Å². The normalized spacial score (nSPS) is 11.3. The van der Waals surface area contributed by atoms with Crippen molar-refractivity contribution < 1.29 is 0 Å². The van der Waals surface area contributed by atoms with Crippen LogP contribution in [0.5, 0.6) is 0 Å². The molecule has 0 amide bonds. The van der Waals surface area contributed by atoms with Gasteiger partial charge in [-0.25, -0.2) is 0 Å². The molecule has 1 heterocycles. The van der Waals surface area contributed by atoms with Crippen LogP contribution in [-0.4, -0.2) is 30.5 Å². The topological polar surface area (TPSA) is 16.1 Å². The van der Waals surface area contributed by atoms with Crippen LogP contribution >= 0.6 is 28.3 Å². The first-order valence-electron chi connectivity index (χ1n) is 6.18. The number of rotatable bonds is 4. The molecule has 106 valence electrons. The molecular formula is C16H18BrClN2. The van der Waals surface area contributed by atoms with E-state index in [9.17, 15) is 0 Å². The van der Waals surface area contributed by atoms with E-state index in [1.165, 1.54) is 11.1 Å². The van der Waals surface area contributed by atoms with Gasteiger partial charge in [-0.2, -0.15) is 0 Å². The maximum absolute atomic E-state index is 4.21. The van der Waals surface area contributed by atoms with Crippen molar-refractivity contribution in [1.29, 1.82) is 0 Å². The van der Waals surface area contributed by atoms with Crippen molar-refractivity contribution >= 4 is 33.9 Å². The van der Waals surface area contributed by atoms with Crippen LogP contribution in [0.2, 0.25) is 0 Å². The molecule has 0 fully saturated rings. The zero-order valence-corrected chi connectivity index (χ0v) is 14.0. The Morgan fingerprint density at radius 3 is 2.40 bits per heavy atom. The molecule has 0 bridgehead atoms. The Morgan fingerprint density at radius 2 is 1.85 bits per heavy atom. The highest BCUT2D eigenvalue weighted by Crippen LogP contribution is 2.24. The Balaban J connectivity index is 0.00000200. The fourth-order valence-corrected chi connectivity index (χ4v) is 2.09. The lowest BCUT2D eigenvalue weighted by molar-refractivity contribution is 0.457. The van der Waals surface area contributed by atoms with Gasteiger partial charge in [-0.1, -0.05) is 40.2 Å². The molecule has 0 saturated carbocycles. The van der Waals surface area contributed by atoms with E-state index in [2.05, 4.69) is 76.3 Å². The van der Waals surface area contributed by atoms with E-state index in [0.717, 1.165) is 16.6 Å². The SMILES string of the molecule is CN(C)C/C=C(/c1ccc(Br)cc1)c1cccnc1.Cl. The van der Waals surface area contributed by atoms with Gasteiger partial charge in [0.15, 0.2) is 0 Å². The average Bonchev–Trinajstić information content (AvgIpc) is 2.42. The number of hydrogen-bond donors (Lipinski definition) is 0. The minimum absolute atomic E-state index is 0. The van der Waals surface area contributed by atoms with Gasteiger partial charge in [0.05, 0.1) is 0 Å². The van der Waals surface area contributed by atoms with Crippen LogP contribution in [0.25, 0.3) is 5.57 Å². The molecule has 0 saturated heterocycles. The van der Waals surface area contributed by atoms with Gasteiger partial charge < -0.3 is 4.90 Å². The van der Waals surface area contributed by atoms with Gasteiger partial charge in [0.25, 0.3) is 0 Å². The van der Waals surface area contributed by atoms with E-state index < -0.39 is 0 Å². The third-order valence-corrected chi connectivity index (χ3v) is 3.32. The maximum atomic E-state index is 4.21. The smallest absolute Gasteiger partial charge is 0.0346 e. The van der Waals surface area contributed by atoms with Gasteiger partial charge in [-0.05, 0) is 43.4 Å². The van der Waals surface area contributed by atoms with Crippen molar-refractivity contribution in [2.75, 3.05) is 20.6 Å².